The van der Waals surface area contributed by atoms with E-state index >= 15 is 0 Å². The summed E-state index contributed by atoms with van der Waals surface area (Å²) < 4.78 is 11.2. The highest BCUT2D eigenvalue weighted by molar-refractivity contribution is 5.74. The number of carbonyl (C=O) groups is 1. The SMILES string of the molecule is O=Cc1ccc(CCCCCOC2CCCCO2)cc1. The molecule has 1 unspecified atom stereocenters. The second-order valence-electron chi connectivity index (χ2n) is 5.34. The highest BCUT2D eigenvalue weighted by Crippen LogP contribution is 2.14. The molecule has 0 amide bonds. The number of aldehydes is 1. The second-order valence-corrected chi connectivity index (χ2v) is 5.34. The van der Waals surface area contributed by atoms with Gasteiger partial charge in [-0.1, -0.05) is 30.7 Å². The number of hydrogen-bond acceptors (Lipinski definition) is 3. The first-order valence-electron chi connectivity index (χ1n) is 7.66. The summed E-state index contributed by atoms with van der Waals surface area (Å²) in [5.74, 6) is 0. The Morgan fingerprint density at radius 1 is 1.15 bits per heavy atom. The van der Waals surface area contributed by atoms with Crippen LogP contribution in [0.5, 0.6) is 0 Å². The molecule has 0 bridgehead atoms. The first-order valence-corrected chi connectivity index (χ1v) is 7.66. The van der Waals surface area contributed by atoms with Gasteiger partial charge in [0.15, 0.2) is 6.29 Å². The lowest BCUT2D eigenvalue weighted by Crippen LogP contribution is -2.22. The Kier molecular flexibility index (Phi) is 6.75. The fourth-order valence-corrected chi connectivity index (χ4v) is 2.43. The number of rotatable bonds is 8. The Hall–Kier alpha value is -1.19. The molecule has 3 heteroatoms. The van der Waals surface area contributed by atoms with E-state index in [0.717, 1.165) is 50.7 Å². The van der Waals surface area contributed by atoms with Crippen LogP contribution >= 0.6 is 0 Å². The first kappa shape index (κ1) is 15.2. The van der Waals surface area contributed by atoms with Crippen LogP contribution in [0.4, 0.5) is 0 Å². The Morgan fingerprint density at radius 3 is 2.70 bits per heavy atom. The molecule has 2 rings (SSSR count). The Morgan fingerprint density at radius 2 is 2.00 bits per heavy atom. The van der Waals surface area contributed by atoms with Crippen LogP contribution in [0.15, 0.2) is 24.3 Å². The third-order valence-corrected chi connectivity index (χ3v) is 3.67. The molecule has 1 aliphatic heterocycles. The van der Waals surface area contributed by atoms with Crippen molar-refractivity contribution in [3.8, 4) is 0 Å². The van der Waals surface area contributed by atoms with Gasteiger partial charge in [0.25, 0.3) is 0 Å². The maximum Gasteiger partial charge on any atom is 0.157 e. The van der Waals surface area contributed by atoms with Crippen molar-refractivity contribution in [1.29, 1.82) is 0 Å². The van der Waals surface area contributed by atoms with E-state index in [2.05, 4.69) is 0 Å². The van der Waals surface area contributed by atoms with Gasteiger partial charge in [0.2, 0.25) is 0 Å². The molecule has 1 heterocycles. The van der Waals surface area contributed by atoms with E-state index in [1.807, 2.05) is 24.3 Å². The first-order chi connectivity index (χ1) is 9.88. The van der Waals surface area contributed by atoms with Crippen LogP contribution in [-0.4, -0.2) is 25.8 Å². The van der Waals surface area contributed by atoms with E-state index in [0.29, 0.717) is 0 Å². The van der Waals surface area contributed by atoms with Gasteiger partial charge in [0, 0.05) is 18.8 Å². The molecule has 0 N–H and O–H groups in total. The van der Waals surface area contributed by atoms with E-state index in [9.17, 15) is 4.79 Å². The minimum atomic E-state index is 0.0413. The van der Waals surface area contributed by atoms with Crippen LogP contribution in [0.1, 0.15) is 54.4 Å². The lowest BCUT2D eigenvalue weighted by molar-refractivity contribution is -0.162. The predicted molar refractivity (Wildman–Crippen MR) is 78.9 cm³/mol. The third kappa shape index (κ3) is 5.43. The van der Waals surface area contributed by atoms with Crippen LogP contribution < -0.4 is 0 Å². The molecule has 0 aromatic heterocycles. The molecule has 20 heavy (non-hydrogen) atoms. The Bertz CT molecular complexity index is 380. The molecule has 1 saturated heterocycles. The highest BCUT2D eigenvalue weighted by atomic mass is 16.7. The molecule has 0 saturated carbocycles. The average molecular weight is 276 g/mol. The minimum Gasteiger partial charge on any atom is -0.353 e. The number of benzene rings is 1. The van der Waals surface area contributed by atoms with Crippen LogP contribution in [0, 0.1) is 0 Å². The van der Waals surface area contributed by atoms with Gasteiger partial charge in [-0.25, -0.2) is 0 Å². The smallest absolute Gasteiger partial charge is 0.157 e. The van der Waals surface area contributed by atoms with Gasteiger partial charge in [0.05, 0.1) is 0 Å². The van der Waals surface area contributed by atoms with E-state index in [4.69, 9.17) is 9.47 Å². The topological polar surface area (TPSA) is 35.5 Å². The molecule has 1 fully saturated rings. The van der Waals surface area contributed by atoms with Crippen molar-refractivity contribution in [3.63, 3.8) is 0 Å². The van der Waals surface area contributed by atoms with Crippen LogP contribution in [0.2, 0.25) is 0 Å². The van der Waals surface area contributed by atoms with Gasteiger partial charge in [-0.15, -0.1) is 0 Å². The molecular formula is C17H24O3. The van der Waals surface area contributed by atoms with Crippen LogP contribution in [-0.2, 0) is 15.9 Å². The molecule has 0 radical (unpaired) electrons. The van der Waals surface area contributed by atoms with E-state index in [1.165, 1.54) is 24.8 Å². The summed E-state index contributed by atoms with van der Waals surface area (Å²) in [5, 5.41) is 0. The lowest BCUT2D eigenvalue weighted by atomic mass is 10.1. The molecule has 3 nitrogen and oxygen atoms in total. The summed E-state index contributed by atoms with van der Waals surface area (Å²) in [6.07, 6.45) is 8.85. The number of hydrogen-bond donors (Lipinski definition) is 0. The molecule has 110 valence electrons. The van der Waals surface area contributed by atoms with E-state index < -0.39 is 0 Å². The molecule has 0 spiro atoms. The fourth-order valence-electron chi connectivity index (χ4n) is 2.43. The largest absolute Gasteiger partial charge is 0.353 e. The highest BCUT2D eigenvalue weighted by Gasteiger charge is 2.13. The fraction of sp³-hybridized carbons (Fsp3) is 0.588. The zero-order valence-corrected chi connectivity index (χ0v) is 12.1. The molecule has 1 atom stereocenters. The minimum absolute atomic E-state index is 0.0413. The van der Waals surface area contributed by atoms with Crippen molar-refractivity contribution in [2.24, 2.45) is 0 Å². The molecule has 1 aromatic rings. The summed E-state index contributed by atoms with van der Waals surface area (Å²) in [6.45, 7) is 1.65. The number of carbonyl (C=O) groups excluding carboxylic acids is 1. The predicted octanol–water partition coefficient (Wildman–Crippen LogP) is 3.76. The van der Waals surface area contributed by atoms with E-state index in [-0.39, 0.29) is 6.29 Å². The number of ether oxygens (including phenoxy) is 2. The third-order valence-electron chi connectivity index (χ3n) is 3.67. The average Bonchev–Trinajstić information content (AvgIpc) is 2.52. The Labute approximate surface area is 121 Å². The summed E-state index contributed by atoms with van der Waals surface area (Å²) >= 11 is 0. The van der Waals surface area contributed by atoms with Gasteiger partial charge in [-0.2, -0.15) is 0 Å². The van der Waals surface area contributed by atoms with Gasteiger partial charge in [-0.05, 0) is 44.1 Å². The molecular weight excluding hydrogens is 252 g/mol. The van der Waals surface area contributed by atoms with Gasteiger partial charge >= 0.3 is 0 Å². The quantitative estimate of drug-likeness (QED) is 0.536. The monoisotopic (exact) mass is 276 g/mol. The zero-order chi connectivity index (χ0) is 14.0. The maximum atomic E-state index is 10.6. The second kappa shape index (κ2) is 8.88. The van der Waals surface area contributed by atoms with Crippen molar-refractivity contribution in [1.82, 2.24) is 0 Å². The number of unbranched alkanes of at least 4 members (excludes halogenated alkanes) is 2. The van der Waals surface area contributed by atoms with Gasteiger partial charge < -0.3 is 9.47 Å². The van der Waals surface area contributed by atoms with Gasteiger partial charge in [0.1, 0.15) is 6.29 Å². The Balaban J connectivity index is 1.51. The van der Waals surface area contributed by atoms with Crippen molar-refractivity contribution in [2.45, 2.75) is 51.2 Å². The normalized spacial score (nSPS) is 18.9. The summed E-state index contributed by atoms with van der Waals surface area (Å²) in [7, 11) is 0. The van der Waals surface area contributed by atoms with Crippen LogP contribution in [0.25, 0.3) is 0 Å². The lowest BCUT2D eigenvalue weighted by Gasteiger charge is -2.22. The maximum absolute atomic E-state index is 10.6. The van der Waals surface area contributed by atoms with Gasteiger partial charge in [-0.3, -0.25) is 4.79 Å². The molecule has 0 aliphatic carbocycles. The molecule has 1 aliphatic rings. The van der Waals surface area contributed by atoms with Crippen molar-refractivity contribution < 1.29 is 14.3 Å². The summed E-state index contributed by atoms with van der Waals surface area (Å²) in [6, 6.07) is 7.84. The molecule has 1 aromatic carbocycles. The standard InChI is InChI=1S/C17H24O3/c18-14-16-10-8-15(9-11-16)6-2-1-4-12-19-17-7-3-5-13-20-17/h8-11,14,17H,1-7,12-13H2. The number of aryl methyl sites for hydroxylation is 1. The van der Waals surface area contributed by atoms with Crippen LogP contribution in [0.3, 0.4) is 0 Å². The summed E-state index contributed by atoms with van der Waals surface area (Å²) in [5.41, 5.74) is 2.04. The van der Waals surface area contributed by atoms with E-state index in [1.54, 1.807) is 0 Å². The van der Waals surface area contributed by atoms with Crippen molar-refractivity contribution >= 4 is 6.29 Å². The summed E-state index contributed by atoms with van der Waals surface area (Å²) in [4.78, 5) is 10.6. The zero-order valence-electron chi connectivity index (χ0n) is 12.1. The van der Waals surface area contributed by atoms with Crippen molar-refractivity contribution in [3.05, 3.63) is 35.4 Å². The van der Waals surface area contributed by atoms with Crippen molar-refractivity contribution in [2.75, 3.05) is 13.2 Å².